The van der Waals surface area contributed by atoms with Crippen molar-refractivity contribution in [2.24, 2.45) is 0 Å². The van der Waals surface area contributed by atoms with Crippen molar-refractivity contribution < 1.29 is 28.6 Å². The van der Waals surface area contributed by atoms with E-state index in [1.807, 2.05) is 6.92 Å². The van der Waals surface area contributed by atoms with Gasteiger partial charge in [-0.2, -0.15) is 0 Å². The van der Waals surface area contributed by atoms with Gasteiger partial charge in [-0.15, -0.1) is 6.42 Å². The predicted molar refractivity (Wildman–Crippen MR) is 141 cm³/mol. The predicted octanol–water partition coefficient (Wildman–Crippen LogP) is 4.55. The van der Waals surface area contributed by atoms with Gasteiger partial charge in [0.15, 0.2) is 11.5 Å². The number of halogens is 1. The molecule has 1 fully saturated rings. The molecule has 1 saturated heterocycles. The number of ether oxygens (including phenoxy) is 3. The SMILES string of the molecule is C#CCOc1c(I)cc(/C=C2/C(=O)NC(=O)N(c3ccc(OCCCC)cc3)C2=O)cc1OCC. The highest BCUT2D eigenvalue weighted by Crippen LogP contribution is 2.35. The van der Waals surface area contributed by atoms with Crippen molar-refractivity contribution in [3.05, 3.63) is 51.1 Å². The zero-order chi connectivity index (χ0) is 25.4. The number of imide groups is 2. The van der Waals surface area contributed by atoms with Crippen molar-refractivity contribution in [3.63, 3.8) is 0 Å². The number of nitrogens with one attached hydrogen (secondary N) is 1. The standard InChI is InChI=1S/C26H25IN2O6/c1-4-7-13-34-19-10-8-18(9-11-19)29-25(31)20(24(30)28-26(29)32)14-17-15-21(27)23(35-12-5-2)22(16-17)33-6-3/h2,8-11,14-16H,4,6-7,12-13H2,1,3H3,(H,28,30,32)/b20-14-. The maximum absolute atomic E-state index is 13.2. The Balaban J connectivity index is 1.91. The average Bonchev–Trinajstić information content (AvgIpc) is 2.82. The minimum atomic E-state index is -0.820. The Morgan fingerprint density at radius 3 is 2.49 bits per heavy atom. The van der Waals surface area contributed by atoms with E-state index in [-0.39, 0.29) is 12.2 Å². The molecule has 0 saturated carbocycles. The smallest absolute Gasteiger partial charge is 0.335 e. The van der Waals surface area contributed by atoms with Gasteiger partial charge in [0.05, 0.1) is 22.5 Å². The van der Waals surface area contributed by atoms with Gasteiger partial charge in [0.1, 0.15) is 17.9 Å². The van der Waals surface area contributed by atoms with Gasteiger partial charge in [-0.3, -0.25) is 14.9 Å². The van der Waals surface area contributed by atoms with Crippen molar-refractivity contribution in [1.29, 1.82) is 0 Å². The zero-order valence-corrected chi connectivity index (χ0v) is 21.6. The molecule has 0 unspecified atom stereocenters. The van der Waals surface area contributed by atoms with Crippen LogP contribution in [0.2, 0.25) is 0 Å². The largest absolute Gasteiger partial charge is 0.494 e. The first-order chi connectivity index (χ1) is 16.9. The summed E-state index contributed by atoms with van der Waals surface area (Å²) in [4.78, 5) is 39.2. The van der Waals surface area contributed by atoms with Crippen LogP contribution in [-0.2, 0) is 9.59 Å². The number of hydrogen-bond acceptors (Lipinski definition) is 6. The van der Waals surface area contributed by atoms with E-state index in [4.69, 9.17) is 20.6 Å². The second-order valence-electron chi connectivity index (χ2n) is 7.41. The maximum atomic E-state index is 13.2. The number of nitrogens with zero attached hydrogens (tertiary/aromatic N) is 1. The van der Waals surface area contributed by atoms with Crippen LogP contribution in [0.4, 0.5) is 10.5 Å². The van der Waals surface area contributed by atoms with Crippen LogP contribution in [0.3, 0.4) is 0 Å². The zero-order valence-electron chi connectivity index (χ0n) is 19.4. The van der Waals surface area contributed by atoms with Crippen molar-refractivity contribution in [2.75, 3.05) is 24.7 Å². The molecule has 0 spiro atoms. The van der Waals surface area contributed by atoms with Crippen LogP contribution < -0.4 is 24.4 Å². The second-order valence-corrected chi connectivity index (χ2v) is 8.57. The molecule has 0 bridgehead atoms. The monoisotopic (exact) mass is 588 g/mol. The molecule has 2 aromatic rings. The Kier molecular flexibility index (Phi) is 9.14. The van der Waals surface area contributed by atoms with Crippen molar-refractivity contribution in [2.45, 2.75) is 26.7 Å². The van der Waals surface area contributed by atoms with Gasteiger partial charge >= 0.3 is 6.03 Å². The number of urea groups is 1. The molecular weight excluding hydrogens is 563 g/mol. The van der Waals surface area contributed by atoms with Crippen LogP contribution in [0.15, 0.2) is 42.0 Å². The van der Waals surface area contributed by atoms with Gasteiger partial charge in [-0.1, -0.05) is 19.3 Å². The molecular formula is C26H25IN2O6. The summed E-state index contributed by atoms with van der Waals surface area (Å²) in [6, 6.07) is 9.10. The number of benzene rings is 2. The van der Waals surface area contributed by atoms with E-state index in [1.165, 1.54) is 6.08 Å². The lowest BCUT2D eigenvalue weighted by molar-refractivity contribution is -0.122. The van der Waals surface area contributed by atoms with Crippen molar-refractivity contribution in [3.8, 4) is 29.6 Å². The van der Waals surface area contributed by atoms with E-state index in [2.05, 4.69) is 40.8 Å². The van der Waals surface area contributed by atoms with E-state index in [0.717, 1.165) is 17.7 Å². The van der Waals surface area contributed by atoms with Gasteiger partial charge in [-0.25, -0.2) is 9.69 Å². The molecule has 182 valence electrons. The highest BCUT2D eigenvalue weighted by atomic mass is 127. The van der Waals surface area contributed by atoms with Gasteiger partial charge in [0.25, 0.3) is 11.8 Å². The number of hydrogen-bond donors (Lipinski definition) is 1. The summed E-state index contributed by atoms with van der Waals surface area (Å²) in [5, 5.41) is 2.23. The third-order valence-electron chi connectivity index (χ3n) is 4.91. The normalized spacial score (nSPS) is 14.5. The number of amides is 4. The van der Waals surface area contributed by atoms with E-state index < -0.39 is 17.8 Å². The molecule has 9 heteroatoms. The van der Waals surface area contributed by atoms with Crippen molar-refractivity contribution in [1.82, 2.24) is 5.32 Å². The lowest BCUT2D eigenvalue weighted by Gasteiger charge is -2.26. The minimum Gasteiger partial charge on any atom is -0.494 e. The third-order valence-corrected chi connectivity index (χ3v) is 5.71. The second kappa shape index (κ2) is 12.3. The quantitative estimate of drug-likeness (QED) is 0.144. The topological polar surface area (TPSA) is 94.2 Å². The summed E-state index contributed by atoms with van der Waals surface area (Å²) in [5.74, 6) is 2.42. The number of carbonyl (C=O) groups excluding carboxylic acids is 3. The number of unbranched alkanes of at least 4 members (excludes halogenated alkanes) is 1. The fraction of sp³-hybridized carbons (Fsp3) is 0.269. The van der Waals surface area contributed by atoms with Crippen LogP contribution in [0, 0.1) is 15.9 Å². The van der Waals surface area contributed by atoms with Crippen LogP contribution in [0.5, 0.6) is 17.2 Å². The summed E-state index contributed by atoms with van der Waals surface area (Å²) < 4.78 is 17.6. The number of rotatable bonds is 10. The Bertz CT molecular complexity index is 1180. The van der Waals surface area contributed by atoms with Crippen molar-refractivity contribution >= 4 is 52.2 Å². The molecule has 2 aromatic carbocycles. The summed E-state index contributed by atoms with van der Waals surface area (Å²) in [6.45, 7) is 4.92. The van der Waals surface area contributed by atoms with E-state index in [1.54, 1.807) is 36.4 Å². The molecule has 1 heterocycles. The van der Waals surface area contributed by atoms with E-state index in [9.17, 15) is 14.4 Å². The van der Waals surface area contributed by atoms with Crippen LogP contribution in [0.25, 0.3) is 6.08 Å². The molecule has 35 heavy (non-hydrogen) atoms. The van der Waals surface area contributed by atoms with E-state index >= 15 is 0 Å². The summed E-state index contributed by atoms with van der Waals surface area (Å²) >= 11 is 2.06. The minimum absolute atomic E-state index is 0.0664. The summed E-state index contributed by atoms with van der Waals surface area (Å²) in [5.41, 5.74) is 0.651. The third kappa shape index (κ3) is 6.33. The van der Waals surface area contributed by atoms with Crippen LogP contribution in [-0.4, -0.2) is 37.7 Å². The lowest BCUT2D eigenvalue weighted by atomic mass is 10.1. The first-order valence-corrected chi connectivity index (χ1v) is 12.1. The Hall–Kier alpha value is -3.52. The maximum Gasteiger partial charge on any atom is 0.335 e. The molecule has 1 N–H and O–H groups in total. The van der Waals surface area contributed by atoms with Gasteiger partial charge in [0, 0.05) is 0 Å². The highest BCUT2D eigenvalue weighted by Gasteiger charge is 2.37. The number of carbonyl (C=O) groups is 3. The fourth-order valence-corrected chi connectivity index (χ4v) is 4.05. The summed E-state index contributed by atoms with van der Waals surface area (Å²) in [7, 11) is 0. The Morgan fingerprint density at radius 1 is 1.09 bits per heavy atom. The highest BCUT2D eigenvalue weighted by molar-refractivity contribution is 14.1. The number of terminal acetylenes is 1. The molecule has 8 nitrogen and oxygen atoms in total. The Labute approximate surface area is 217 Å². The summed E-state index contributed by atoms with van der Waals surface area (Å²) in [6.07, 6.45) is 8.64. The first kappa shape index (κ1) is 26.1. The first-order valence-electron chi connectivity index (χ1n) is 11.1. The van der Waals surface area contributed by atoms with Gasteiger partial charge in [-0.05, 0) is 84.0 Å². The lowest BCUT2D eigenvalue weighted by Crippen LogP contribution is -2.54. The molecule has 0 aliphatic carbocycles. The average molecular weight is 588 g/mol. The molecule has 3 rings (SSSR count). The molecule has 1 aliphatic heterocycles. The Morgan fingerprint density at radius 2 is 1.83 bits per heavy atom. The van der Waals surface area contributed by atoms with E-state index in [0.29, 0.717) is 45.3 Å². The van der Waals surface area contributed by atoms with Gasteiger partial charge < -0.3 is 14.2 Å². The van der Waals surface area contributed by atoms with Gasteiger partial charge in [0.2, 0.25) is 0 Å². The fourth-order valence-electron chi connectivity index (χ4n) is 3.27. The molecule has 0 aromatic heterocycles. The molecule has 0 atom stereocenters. The van der Waals surface area contributed by atoms with Crippen LogP contribution >= 0.6 is 22.6 Å². The number of anilines is 1. The number of barbiturate groups is 1. The molecule has 1 aliphatic rings. The molecule has 4 amide bonds. The van der Waals surface area contributed by atoms with Crippen LogP contribution in [0.1, 0.15) is 32.3 Å². The molecule has 0 radical (unpaired) electrons.